The molecule has 26 heavy (non-hydrogen) atoms. The molecule has 4 atom stereocenters. The number of anilines is 1. The number of carbonyl (C=O) groups is 1. The fourth-order valence-electron chi connectivity index (χ4n) is 4.58. The molecule has 3 N–H and O–H groups in total. The van der Waals surface area contributed by atoms with Crippen LogP contribution in [0.1, 0.15) is 37.0 Å². The lowest BCUT2D eigenvalue weighted by molar-refractivity contribution is -0.973. The molecule has 0 radical (unpaired) electrons. The van der Waals surface area contributed by atoms with Crippen LogP contribution in [-0.4, -0.2) is 24.2 Å². The second kappa shape index (κ2) is 7.99. The van der Waals surface area contributed by atoms with Crippen molar-refractivity contribution < 1.29 is 9.69 Å². The number of fused-ring (bicyclic) bond motifs is 2. The number of carbonyl (C=O) groups excluding carboxylic acids is 1. The molecule has 0 spiro atoms. The van der Waals surface area contributed by atoms with Crippen LogP contribution in [-0.2, 0) is 6.54 Å². The predicted octanol–water partition coefficient (Wildman–Crippen LogP) is 3.69. The molecular formula is C20H25ClN3OS+. The first-order valence-corrected chi connectivity index (χ1v) is 10.6. The predicted molar refractivity (Wildman–Crippen MR) is 107 cm³/mol. The second-order valence-corrected chi connectivity index (χ2v) is 8.90. The molecule has 1 aromatic heterocycles. The van der Waals surface area contributed by atoms with Gasteiger partial charge in [-0.15, -0.1) is 11.3 Å². The summed E-state index contributed by atoms with van der Waals surface area (Å²) in [6.07, 6.45) is 6.00. The van der Waals surface area contributed by atoms with Gasteiger partial charge in [0, 0.05) is 29.6 Å². The third-order valence-electron chi connectivity index (χ3n) is 5.67. The number of urea groups is 1. The Morgan fingerprint density at radius 3 is 2.69 bits per heavy atom. The molecule has 2 fully saturated rings. The molecule has 2 aliphatic rings. The van der Waals surface area contributed by atoms with E-state index in [1.165, 1.54) is 24.1 Å². The molecule has 0 saturated carbocycles. The Balaban J connectivity index is 1.35. The zero-order chi connectivity index (χ0) is 17.9. The number of rotatable bonds is 4. The minimum atomic E-state index is -0.128. The molecule has 2 saturated heterocycles. The molecular weight excluding hydrogens is 366 g/mol. The fraction of sp³-hybridized carbons (Fsp3) is 0.450. The molecule has 138 valence electrons. The molecule has 2 unspecified atom stereocenters. The summed E-state index contributed by atoms with van der Waals surface area (Å²) in [7, 11) is 0. The smallest absolute Gasteiger partial charge is 0.319 e. The van der Waals surface area contributed by atoms with Crippen LogP contribution in [0.2, 0.25) is 5.02 Å². The van der Waals surface area contributed by atoms with E-state index in [0.717, 1.165) is 25.1 Å². The standard InChI is InChI=1S/C20H24ClN3OS/c21-14-4-1-5-15(10-14)22-20(25)23-16-11-17-6-2-7-18(12-16)24(17)13-19-8-3-9-26-19/h1,3-5,8-10,16-18H,2,6-7,11-13H2,(H2,22,23,25)/p+1/t16?,17-,18+. The minimum absolute atomic E-state index is 0.128. The highest BCUT2D eigenvalue weighted by atomic mass is 35.5. The summed E-state index contributed by atoms with van der Waals surface area (Å²) in [4.78, 5) is 15.6. The number of nitrogens with one attached hydrogen (secondary N) is 3. The lowest BCUT2D eigenvalue weighted by atomic mass is 9.81. The van der Waals surface area contributed by atoms with E-state index in [1.807, 2.05) is 23.5 Å². The van der Waals surface area contributed by atoms with Crippen molar-refractivity contribution in [1.29, 1.82) is 0 Å². The molecule has 1 aromatic carbocycles. The van der Waals surface area contributed by atoms with Gasteiger partial charge in [0.15, 0.2) is 0 Å². The molecule has 2 aromatic rings. The number of benzene rings is 1. The van der Waals surface area contributed by atoms with Gasteiger partial charge in [-0.3, -0.25) is 0 Å². The van der Waals surface area contributed by atoms with Crippen LogP contribution in [0.15, 0.2) is 41.8 Å². The summed E-state index contributed by atoms with van der Waals surface area (Å²) in [5.74, 6) is 0. The largest absolute Gasteiger partial charge is 0.335 e. The Bertz CT molecular complexity index is 737. The molecule has 6 heteroatoms. The van der Waals surface area contributed by atoms with Crippen molar-refractivity contribution in [1.82, 2.24) is 5.32 Å². The maximum atomic E-state index is 12.4. The first kappa shape index (κ1) is 17.8. The molecule has 4 nitrogen and oxygen atoms in total. The van der Waals surface area contributed by atoms with E-state index in [2.05, 4.69) is 28.1 Å². The van der Waals surface area contributed by atoms with Crippen molar-refractivity contribution in [2.45, 2.75) is 56.8 Å². The minimum Gasteiger partial charge on any atom is -0.335 e. The van der Waals surface area contributed by atoms with E-state index >= 15 is 0 Å². The normalized spacial score (nSPS) is 27.7. The monoisotopic (exact) mass is 390 g/mol. The van der Waals surface area contributed by atoms with Crippen LogP contribution in [0.3, 0.4) is 0 Å². The number of piperidine rings is 2. The summed E-state index contributed by atoms with van der Waals surface area (Å²) < 4.78 is 0. The van der Waals surface area contributed by atoms with Crippen LogP contribution in [0.4, 0.5) is 10.5 Å². The number of quaternary nitrogens is 1. The van der Waals surface area contributed by atoms with E-state index in [9.17, 15) is 4.79 Å². The van der Waals surface area contributed by atoms with Gasteiger partial charge in [-0.25, -0.2) is 4.79 Å². The van der Waals surface area contributed by atoms with Gasteiger partial charge in [0.1, 0.15) is 6.54 Å². The van der Waals surface area contributed by atoms with Gasteiger partial charge in [-0.2, -0.15) is 0 Å². The van der Waals surface area contributed by atoms with Gasteiger partial charge in [0.05, 0.1) is 17.0 Å². The maximum Gasteiger partial charge on any atom is 0.319 e. The number of hydrogen-bond acceptors (Lipinski definition) is 2. The Kier molecular flexibility index (Phi) is 5.48. The van der Waals surface area contributed by atoms with Crippen molar-refractivity contribution in [2.75, 3.05) is 5.32 Å². The SMILES string of the molecule is O=C(Nc1cccc(Cl)c1)NC1C[C@H]2CCC[C@@H](C1)[NH+]2Cc1cccs1. The summed E-state index contributed by atoms with van der Waals surface area (Å²) >= 11 is 7.84. The number of thiophene rings is 1. The van der Waals surface area contributed by atoms with Crippen LogP contribution < -0.4 is 15.5 Å². The first-order chi connectivity index (χ1) is 12.7. The highest BCUT2D eigenvalue weighted by molar-refractivity contribution is 7.09. The Morgan fingerprint density at radius 1 is 1.19 bits per heavy atom. The lowest BCUT2D eigenvalue weighted by Gasteiger charge is -2.45. The molecule has 2 amide bonds. The zero-order valence-electron chi connectivity index (χ0n) is 14.7. The summed E-state index contributed by atoms with van der Waals surface area (Å²) in [6.45, 7) is 1.13. The van der Waals surface area contributed by atoms with Gasteiger partial charge in [0.25, 0.3) is 0 Å². The molecule has 3 heterocycles. The number of hydrogen-bond donors (Lipinski definition) is 3. The van der Waals surface area contributed by atoms with Gasteiger partial charge in [-0.05, 0) is 48.9 Å². The van der Waals surface area contributed by atoms with Crippen molar-refractivity contribution >= 4 is 34.7 Å². The fourth-order valence-corrected chi connectivity index (χ4v) is 5.51. The van der Waals surface area contributed by atoms with Crippen molar-refractivity contribution in [3.63, 3.8) is 0 Å². The Morgan fingerprint density at radius 2 is 2.00 bits per heavy atom. The number of amides is 2. The van der Waals surface area contributed by atoms with Gasteiger partial charge >= 0.3 is 6.03 Å². The molecule has 4 rings (SSSR count). The summed E-state index contributed by atoms with van der Waals surface area (Å²) in [5.41, 5.74) is 0.732. The maximum absolute atomic E-state index is 12.4. The van der Waals surface area contributed by atoms with E-state index in [0.29, 0.717) is 17.1 Å². The van der Waals surface area contributed by atoms with Crippen molar-refractivity contribution in [2.24, 2.45) is 0 Å². The molecule has 2 bridgehead atoms. The van der Waals surface area contributed by atoms with Gasteiger partial charge in [-0.1, -0.05) is 23.7 Å². The van der Waals surface area contributed by atoms with Crippen LogP contribution in [0.25, 0.3) is 0 Å². The van der Waals surface area contributed by atoms with Gasteiger partial charge in [0.2, 0.25) is 0 Å². The quantitative estimate of drug-likeness (QED) is 0.732. The van der Waals surface area contributed by atoms with E-state index in [1.54, 1.807) is 17.0 Å². The third-order valence-corrected chi connectivity index (χ3v) is 6.78. The highest BCUT2D eigenvalue weighted by Gasteiger charge is 2.42. The van der Waals surface area contributed by atoms with Crippen molar-refractivity contribution in [3.05, 3.63) is 51.7 Å². The van der Waals surface area contributed by atoms with Crippen LogP contribution in [0, 0.1) is 0 Å². The summed E-state index contributed by atoms with van der Waals surface area (Å²) in [5, 5.41) is 8.89. The summed E-state index contributed by atoms with van der Waals surface area (Å²) in [6, 6.07) is 13.1. The van der Waals surface area contributed by atoms with Crippen LogP contribution >= 0.6 is 22.9 Å². The Labute approximate surface area is 163 Å². The van der Waals surface area contributed by atoms with E-state index in [4.69, 9.17) is 11.6 Å². The first-order valence-electron chi connectivity index (χ1n) is 9.38. The second-order valence-electron chi connectivity index (χ2n) is 7.43. The van der Waals surface area contributed by atoms with Crippen molar-refractivity contribution in [3.8, 4) is 0 Å². The Hall–Kier alpha value is -1.56. The average molecular weight is 391 g/mol. The molecule has 0 aliphatic carbocycles. The average Bonchev–Trinajstić information content (AvgIpc) is 3.08. The van der Waals surface area contributed by atoms with E-state index < -0.39 is 0 Å². The third kappa shape index (κ3) is 4.22. The van der Waals surface area contributed by atoms with E-state index in [-0.39, 0.29) is 12.1 Å². The molecule has 2 aliphatic heterocycles. The van der Waals surface area contributed by atoms with Crippen LogP contribution in [0.5, 0.6) is 0 Å². The lowest BCUT2D eigenvalue weighted by Crippen LogP contribution is -3.20. The topological polar surface area (TPSA) is 45.6 Å². The van der Waals surface area contributed by atoms with Gasteiger partial charge < -0.3 is 15.5 Å². The highest BCUT2D eigenvalue weighted by Crippen LogP contribution is 2.23. The number of halogens is 1. The zero-order valence-corrected chi connectivity index (χ0v) is 16.3.